The van der Waals surface area contributed by atoms with Crippen LogP contribution in [0.2, 0.25) is 18.1 Å². The molecule has 1 fully saturated rings. The fourth-order valence-corrected chi connectivity index (χ4v) is 3.98. The van der Waals surface area contributed by atoms with E-state index in [2.05, 4.69) is 38.6 Å². The summed E-state index contributed by atoms with van der Waals surface area (Å²) in [5.74, 6) is 0.265. The lowest BCUT2D eigenvalue weighted by Crippen LogP contribution is -2.46. The Labute approximate surface area is 131 Å². The molecule has 0 amide bonds. The molecule has 1 aliphatic rings. The molecule has 2 atom stereocenters. The van der Waals surface area contributed by atoms with Crippen molar-refractivity contribution < 1.29 is 14.0 Å². The summed E-state index contributed by atoms with van der Waals surface area (Å²) in [5, 5.41) is 0.247. The molecular weight excluding hydrogens is 280 g/mol. The van der Waals surface area contributed by atoms with Gasteiger partial charge in [-0.25, -0.2) is 4.79 Å². The molecule has 0 saturated heterocycles. The van der Waals surface area contributed by atoms with Gasteiger partial charge in [0, 0.05) is 12.2 Å². The molecule has 0 radical (unpaired) electrons. The van der Waals surface area contributed by atoms with Crippen molar-refractivity contribution in [3.8, 4) is 0 Å². The van der Waals surface area contributed by atoms with Crippen LogP contribution in [-0.4, -0.2) is 27.5 Å². The summed E-state index contributed by atoms with van der Waals surface area (Å²) >= 11 is 0. The van der Waals surface area contributed by atoms with Crippen LogP contribution < -0.4 is 0 Å². The van der Waals surface area contributed by atoms with E-state index in [9.17, 15) is 4.79 Å². The van der Waals surface area contributed by atoms with Crippen LogP contribution in [0, 0.1) is 5.92 Å². The van der Waals surface area contributed by atoms with Crippen LogP contribution in [0.5, 0.6) is 0 Å². The first-order chi connectivity index (χ1) is 9.67. The molecule has 0 heterocycles. The summed E-state index contributed by atoms with van der Waals surface area (Å²) in [5.41, 5.74) is 0. The third-order valence-electron chi connectivity index (χ3n) is 4.99. The third kappa shape index (κ3) is 5.59. The highest BCUT2D eigenvalue weighted by atomic mass is 28.4. The van der Waals surface area contributed by atoms with Crippen molar-refractivity contribution >= 4 is 14.3 Å². The average Bonchev–Trinajstić information content (AvgIpc) is 2.38. The van der Waals surface area contributed by atoms with Crippen molar-refractivity contribution in [1.29, 1.82) is 0 Å². The Morgan fingerprint density at radius 3 is 2.43 bits per heavy atom. The highest BCUT2D eigenvalue weighted by molar-refractivity contribution is 6.74. The highest BCUT2D eigenvalue weighted by Crippen LogP contribution is 2.40. The molecule has 0 spiro atoms. The molecule has 0 aromatic rings. The monoisotopic (exact) mass is 312 g/mol. The van der Waals surface area contributed by atoms with Crippen molar-refractivity contribution in [2.75, 3.05) is 7.11 Å². The van der Waals surface area contributed by atoms with Crippen LogP contribution in [0.25, 0.3) is 0 Å². The maximum atomic E-state index is 11.2. The van der Waals surface area contributed by atoms with E-state index in [1.165, 1.54) is 32.4 Å². The van der Waals surface area contributed by atoms with Crippen molar-refractivity contribution in [2.45, 2.75) is 77.1 Å². The fraction of sp³-hybridized carbons (Fsp3) is 0.824. The standard InChI is InChI=1S/C17H32O3Si/c1-17(2,3)21(5,6)20-15-12-8-7-10-14(15)11-9-13-16(18)19-4/h9,13-15H,7-8,10-12H2,1-6H3/b13-9+/t14-,15+/m0/s1. The number of rotatable bonds is 5. The lowest BCUT2D eigenvalue weighted by molar-refractivity contribution is -0.134. The minimum absolute atomic E-state index is 0.247. The summed E-state index contributed by atoms with van der Waals surface area (Å²) in [4.78, 5) is 11.2. The van der Waals surface area contributed by atoms with Gasteiger partial charge in [-0.15, -0.1) is 0 Å². The number of carbonyl (C=O) groups is 1. The SMILES string of the molecule is COC(=O)/C=C/C[C@@H]1CCCC[C@H]1O[Si](C)(C)C(C)(C)C. The molecule has 0 aromatic heterocycles. The zero-order valence-electron chi connectivity index (χ0n) is 14.6. The molecule has 3 nitrogen and oxygen atoms in total. The van der Waals surface area contributed by atoms with Gasteiger partial charge in [0.05, 0.1) is 7.11 Å². The van der Waals surface area contributed by atoms with Crippen molar-refractivity contribution in [2.24, 2.45) is 5.92 Å². The lowest BCUT2D eigenvalue weighted by Gasteiger charge is -2.43. The van der Waals surface area contributed by atoms with Gasteiger partial charge in [0.15, 0.2) is 8.32 Å². The van der Waals surface area contributed by atoms with Gasteiger partial charge in [0.2, 0.25) is 0 Å². The molecule has 1 saturated carbocycles. The van der Waals surface area contributed by atoms with Crippen LogP contribution in [-0.2, 0) is 14.0 Å². The van der Waals surface area contributed by atoms with Crippen LogP contribution in [0.1, 0.15) is 52.9 Å². The number of hydrogen-bond donors (Lipinski definition) is 0. The number of methoxy groups -OCH3 is 1. The van der Waals surface area contributed by atoms with E-state index in [1.807, 2.05) is 6.08 Å². The highest BCUT2D eigenvalue weighted by Gasteiger charge is 2.40. The Bertz CT molecular complexity index is 369. The van der Waals surface area contributed by atoms with Crippen molar-refractivity contribution in [1.82, 2.24) is 0 Å². The molecule has 4 heteroatoms. The number of carbonyl (C=O) groups excluding carboxylic acids is 1. The molecule has 0 bridgehead atoms. The van der Waals surface area contributed by atoms with E-state index < -0.39 is 8.32 Å². The molecule has 1 rings (SSSR count). The van der Waals surface area contributed by atoms with Gasteiger partial charge in [-0.05, 0) is 43.3 Å². The van der Waals surface area contributed by atoms with Crippen LogP contribution in [0.4, 0.5) is 0 Å². The van der Waals surface area contributed by atoms with Crippen LogP contribution in [0.15, 0.2) is 12.2 Å². The third-order valence-corrected chi connectivity index (χ3v) is 9.49. The maximum Gasteiger partial charge on any atom is 0.330 e. The molecule has 0 aromatic carbocycles. The molecule has 0 aliphatic heterocycles. The van der Waals surface area contributed by atoms with E-state index in [4.69, 9.17) is 4.43 Å². The van der Waals surface area contributed by atoms with Crippen molar-refractivity contribution in [3.63, 3.8) is 0 Å². The summed E-state index contributed by atoms with van der Waals surface area (Å²) < 4.78 is 11.3. The average molecular weight is 313 g/mol. The Balaban J connectivity index is 2.65. The largest absolute Gasteiger partial charge is 0.466 e. The van der Waals surface area contributed by atoms with Gasteiger partial charge in [0.25, 0.3) is 0 Å². The number of esters is 1. The molecule has 0 unspecified atom stereocenters. The van der Waals surface area contributed by atoms with E-state index in [0.29, 0.717) is 12.0 Å². The maximum absolute atomic E-state index is 11.2. The summed E-state index contributed by atoms with van der Waals surface area (Å²) in [6, 6.07) is 0. The fourth-order valence-electron chi connectivity index (χ4n) is 2.56. The van der Waals surface area contributed by atoms with Gasteiger partial charge in [-0.2, -0.15) is 0 Å². The Morgan fingerprint density at radius 2 is 1.86 bits per heavy atom. The van der Waals surface area contributed by atoms with Crippen LogP contribution in [0.3, 0.4) is 0 Å². The van der Waals surface area contributed by atoms with Crippen molar-refractivity contribution in [3.05, 3.63) is 12.2 Å². The van der Waals surface area contributed by atoms with Gasteiger partial charge in [-0.3, -0.25) is 0 Å². The minimum atomic E-state index is -1.72. The Kier molecular flexibility index (Phi) is 6.66. The number of allylic oxidation sites excluding steroid dienone is 1. The number of hydrogen-bond acceptors (Lipinski definition) is 3. The zero-order valence-corrected chi connectivity index (χ0v) is 15.6. The van der Waals surface area contributed by atoms with Gasteiger partial charge < -0.3 is 9.16 Å². The smallest absolute Gasteiger partial charge is 0.330 e. The second-order valence-electron chi connectivity index (χ2n) is 7.62. The molecule has 122 valence electrons. The van der Waals surface area contributed by atoms with E-state index in [0.717, 1.165) is 12.8 Å². The predicted molar refractivity (Wildman–Crippen MR) is 89.8 cm³/mol. The quantitative estimate of drug-likeness (QED) is 0.420. The molecule has 21 heavy (non-hydrogen) atoms. The second-order valence-corrected chi connectivity index (χ2v) is 12.4. The minimum Gasteiger partial charge on any atom is -0.466 e. The molecule has 0 N–H and O–H groups in total. The first kappa shape index (κ1) is 18.4. The zero-order chi connectivity index (χ0) is 16.1. The lowest BCUT2D eigenvalue weighted by atomic mass is 9.84. The summed E-state index contributed by atoms with van der Waals surface area (Å²) in [6.45, 7) is 11.5. The summed E-state index contributed by atoms with van der Waals surface area (Å²) in [6.07, 6.45) is 9.64. The van der Waals surface area contributed by atoms with Gasteiger partial charge in [-0.1, -0.05) is 39.7 Å². The molecule has 1 aliphatic carbocycles. The predicted octanol–water partition coefficient (Wildman–Crippen LogP) is 4.69. The Hall–Kier alpha value is -0.613. The first-order valence-corrected chi connectivity index (χ1v) is 11.0. The van der Waals surface area contributed by atoms with Crippen LogP contribution >= 0.6 is 0 Å². The summed E-state index contributed by atoms with van der Waals surface area (Å²) in [7, 11) is -0.304. The van der Waals surface area contributed by atoms with Gasteiger partial charge >= 0.3 is 5.97 Å². The topological polar surface area (TPSA) is 35.5 Å². The van der Waals surface area contributed by atoms with E-state index >= 15 is 0 Å². The normalized spacial score (nSPS) is 24.3. The first-order valence-electron chi connectivity index (χ1n) is 8.09. The Morgan fingerprint density at radius 1 is 1.24 bits per heavy atom. The second kappa shape index (κ2) is 7.59. The van der Waals surface area contributed by atoms with E-state index in [-0.39, 0.29) is 11.0 Å². The molecular formula is C17H32O3Si. The van der Waals surface area contributed by atoms with Gasteiger partial charge in [0.1, 0.15) is 0 Å². The number of ether oxygens (including phenoxy) is 1. The van der Waals surface area contributed by atoms with E-state index in [1.54, 1.807) is 0 Å².